The standard InChI is InChI=1S/C13H11F2NO3/c1-7-9(12(17)18)6-10(16-7)8-4-2-3-5-11(8)19-13(14)15/h2-6,13,16H,1H3,(H,17,18). The van der Waals surface area contributed by atoms with Gasteiger partial charge in [-0.2, -0.15) is 8.78 Å². The minimum Gasteiger partial charge on any atom is -0.478 e. The number of para-hydroxylation sites is 1. The van der Waals surface area contributed by atoms with Crippen molar-refractivity contribution in [2.45, 2.75) is 13.5 Å². The normalized spacial score (nSPS) is 10.7. The Bertz CT molecular complexity index is 608. The number of hydrogen-bond donors (Lipinski definition) is 2. The first-order valence-electron chi connectivity index (χ1n) is 5.46. The summed E-state index contributed by atoms with van der Waals surface area (Å²) in [5.41, 5.74) is 1.36. The van der Waals surface area contributed by atoms with Gasteiger partial charge >= 0.3 is 12.6 Å². The molecular formula is C13H11F2NO3. The van der Waals surface area contributed by atoms with Crippen molar-refractivity contribution in [1.29, 1.82) is 0 Å². The number of aromatic carboxylic acids is 1. The molecule has 2 rings (SSSR count). The van der Waals surface area contributed by atoms with Gasteiger partial charge in [0.05, 0.1) is 11.3 Å². The topological polar surface area (TPSA) is 62.3 Å². The number of hydrogen-bond acceptors (Lipinski definition) is 2. The fourth-order valence-corrected chi connectivity index (χ4v) is 1.81. The highest BCUT2D eigenvalue weighted by Gasteiger charge is 2.16. The first kappa shape index (κ1) is 13.1. The molecule has 0 bridgehead atoms. The third-order valence-electron chi connectivity index (χ3n) is 2.64. The zero-order chi connectivity index (χ0) is 14.0. The minimum absolute atomic E-state index is 0.00399. The van der Waals surface area contributed by atoms with Gasteiger partial charge in [-0.15, -0.1) is 0 Å². The molecule has 1 aromatic heterocycles. The highest BCUT2D eigenvalue weighted by atomic mass is 19.3. The number of alkyl halides is 2. The van der Waals surface area contributed by atoms with Crippen LogP contribution in [-0.2, 0) is 0 Å². The smallest absolute Gasteiger partial charge is 0.387 e. The highest BCUT2D eigenvalue weighted by molar-refractivity contribution is 5.91. The van der Waals surface area contributed by atoms with Crippen molar-refractivity contribution < 1.29 is 23.4 Å². The number of H-pyrrole nitrogens is 1. The third kappa shape index (κ3) is 2.73. The summed E-state index contributed by atoms with van der Waals surface area (Å²) in [5, 5.41) is 8.97. The van der Waals surface area contributed by atoms with Gasteiger partial charge in [-0.25, -0.2) is 4.79 Å². The van der Waals surface area contributed by atoms with Crippen molar-refractivity contribution in [1.82, 2.24) is 4.98 Å². The van der Waals surface area contributed by atoms with Crippen molar-refractivity contribution in [3.05, 3.63) is 41.6 Å². The van der Waals surface area contributed by atoms with Crippen LogP contribution in [-0.4, -0.2) is 22.7 Å². The van der Waals surface area contributed by atoms with Crippen molar-refractivity contribution >= 4 is 5.97 Å². The molecule has 2 aromatic rings. The van der Waals surface area contributed by atoms with Crippen LogP contribution in [0, 0.1) is 6.92 Å². The van der Waals surface area contributed by atoms with Gasteiger partial charge in [0.2, 0.25) is 0 Å². The van der Waals surface area contributed by atoms with Crippen LogP contribution in [0.3, 0.4) is 0 Å². The summed E-state index contributed by atoms with van der Waals surface area (Å²) in [4.78, 5) is 13.8. The quantitative estimate of drug-likeness (QED) is 0.893. The Morgan fingerprint density at radius 1 is 1.37 bits per heavy atom. The molecular weight excluding hydrogens is 256 g/mol. The molecule has 19 heavy (non-hydrogen) atoms. The number of halogens is 2. The molecule has 0 saturated heterocycles. The molecule has 0 radical (unpaired) electrons. The number of ether oxygens (including phenoxy) is 1. The maximum atomic E-state index is 12.3. The van der Waals surface area contributed by atoms with Crippen molar-refractivity contribution in [3.63, 3.8) is 0 Å². The van der Waals surface area contributed by atoms with Gasteiger partial charge in [-0.1, -0.05) is 12.1 Å². The zero-order valence-electron chi connectivity index (χ0n) is 9.98. The van der Waals surface area contributed by atoms with Gasteiger partial charge in [0.25, 0.3) is 0 Å². The number of aryl methyl sites for hydroxylation is 1. The van der Waals surface area contributed by atoms with Gasteiger partial charge in [0, 0.05) is 11.3 Å². The molecule has 0 atom stereocenters. The Morgan fingerprint density at radius 2 is 2.05 bits per heavy atom. The number of rotatable bonds is 4. The molecule has 0 unspecified atom stereocenters. The average molecular weight is 267 g/mol. The predicted octanol–water partition coefficient (Wildman–Crippen LogP) is 3.29. The van der Waals surface area contributed by atoms with Gasteiger partial charge < -0.3 is 14.8 Å². The van der Waals surface area contributed by atoms with E-state index in [1.807, 2.05) is 0 Å². The first-order valence-corrected chi connectivity index (χ1v) is 5.46. The summed E-state index contributed by atoms with van der Waals surface area (Å²) < 4.78 is 29.0. The Labute approximate surface area is 107 Å². The van der Waals surface area contributed by atoms with Crippen LogP contribution in [0.1, 0.15) is 16.1 Å². The molecule has 0 saturated carbocycles. The molecule has 0 fully saturated rings. The Balaban J connectivity index is 2.47. The zero-order valence-corrected chi connectivity index (χ0v) is 9.98. The molecule has 0 aliphatic rings. The minimum atomic E-state index is -2.93. The van der Waals surface area contributed by atoms with E-state index in [1.54, 1.807) is 25.1 Å². The predicted molar refractivity (Wildman–Crippen MR) is 64.6 cm³/mol. The molecule has 4 nitrogen and oxygen atoms in total. The molecule has 0 spiro atoms. The van der Waals surface area contributed by atoms with Crippen LogP contribution >= 0.6 is 0 Å². The largest absolute Gasteiger partial charge is 0.478 e. The maximum absolute atomic E-state index is 12.3. The fraction of sp³-hybridized carbons (Fsp3) is 0.154. The number of aromatic nitrogens is 1. The van der Waals surface area contributed by atoms with E-state index in [0.29, 0.717) is 17.0 Å². The number of carboxylic acid groups (broad SMARTS) is 1. The summed E-state index contributed by atoms with van der Waals surface area (Å²) in [5.74, 6) is -1.08. The molecule has 1 aromatic carbocycles. The number of nitrogens with one attached hydrogen (secondary N) is 1. The SMILES string of the molecule is Cc1[nH]c(-c2ccccc2OC(F)F)cc1C(=O)O. The summed E-state index contributed by atoms with van der Waals surface area (Å²) in [6.45, 7) is -1.33. The van der Waals surface area contributed by atoms with Crippen molar-refractivity contribution in [2.75, 3.05) is 0 Å². The van der Waals surface area contributed by atoms with Gasteiger partial charge in [0.1, 0.15) is 5.75 Å². The van der Waals surface area contributed by atoms with Crippen LogP contribution in [0.15, 0.2) is 30.3 Å². The van der Waals surface area contributed by atoms with Crippen molar-refractivity contribution in [2.24, 2.45) is 0 Å². The fourth-order valence-electron chi connectivity index (χ4n) is 1.81. The van der Waals surface area contributed by atoms with E-state index in [0.717, 1.165) is 0 Å². The number of carbonyl (C=O) groups is 1. The maximum Gasteiger partial charge on any atom is 0.387 e. The molecule has 0 aliphatic heterocycles. The lowest BCUT2D eigenvalue weighted by Gasteiger charge is -2.08. The summed E-state index contributed by atoms with van der Waals surface area (Å²) in [6, 6.07) is 7.59. The molecule has 6 heteroatoms. The lowest BCUT2D eigenvalue weighted by atomic mass is 10.1. The Hall–Kier alpha value is -2.37. The van der Waals surface area contributed by atoms with Crippen LogP contribution in [0.25, 0.3) is 11.3 Å². The average Bonchev–Trinajstić information content (AvgIpc) is 2.71. The lowest BCUT2D eigenvalue weighted by molar-refractivity contribution is -0.0494. The monoisotopic (exact) mass is 267 g/mol. The van der Waals surface area contributed by atoms with Crippen LogP contribution in [0.2, 0.25) is 0 Å². The van der Waals surface area contributed by atoms with E-state index >= 15 is 0 Å². The van der Waals surface area contributed by atoms with Crippen LogP contribution < -0.4 is 4.74 Å². The summed E-state index contributed by atoms with van der Waals surface area (Å²) in [7, 11) is 0. The molecule has 2 N–H and O–H groups in total. The highest BCUT2D eigenvalue weighted by Crippen LogP contribution is 2.31. The Morgan fingerprint density at radius 3 is 2.63 bits per heavy atom. The Kier molecular flexibility index (Phi) is 3.50. The second-order valence-electron chi connectivity index (χ2n) is 3.90. The number of carboxylic acids is 1. The first-order chi connectivity index (χ1) is 8.99. The molecule has 100 valence electrons. The van der Waals surface area contributed by atoms with E-state index < -0.39 is 12.6 Å². The third-order valence-corrected chi connectivity index (χ3v) is 2.64. The van der Waals surface area contributed by atoms with E-state index in [2.05, 4.69) is 9.72 Å². The number of aromatic amines is 1. The molecule has 1 heterocycles. The van der Waals surface area contributed by atoms with Crippen LogP contribution in [0.4, 0.5) is 8.78 Å². The second-order valence-corrected chi connectivity index (χ2v) is 3.90. The van der Waals surface area contributed by atoms with E-state index in [4.69, 9.17) is 5.11 Å². The number of benzene rings is 1. The molecule has 0 aliphatic carbocycles. The lowest BCUT2D eigenvalue weighted by Crippen LogP contribution is -2.03. The van der Waals surface area contributed by atoms with E-state index in [1.165, 1.54) is 12.1 Å². The summed E-state index contributed by atoms with van der Waals surface area (Å²) in [6.07, 6.45) is 0. The van der Waals surface area contributed by atoms with Gasteiger partial charge in [0.15, 0.2) is 0 Å². The summed E-state index contributed by atoms with van der Waals surface area (Å²) >= 11 is 0. The molecule has 0 amide bonds. The van der Waals surface area contributed by atoms with Gasteiger partial charge in [-0.3, -0.25) is 0 Å². The van der Waals surface area contributed by atoms with Gasteiger partial charge in [-0.05, 0) is 25.1 Å². The van der Waals surface area contributed by atoms with Crippen LogP contribution in [0.5, 0.6) is 5.75 Å². The van der Waals surface area contributed by atoms with E-state index in [9.17, 15) is 13.6 Å². The van der Waals surface area contributed by atoms with Crippen molar-refractivity contribution in [3.8, 4) is 17.0 Å². The van der Waals surface area contributed by atoms with E-state index in [-0.39, 0.29) is 11.3 Å². The second kappa shape index (κ2) is 5.09.